The summed E-state index contributed by atoms with van der Waals surface area (Å²) in [4.78, 5) is 0. The van der Waals surface area contributed by atoms with Crippen molar-refractivity contribution in [3.05, 3.63) is 23.8 Å². The van der Waals surface area contributed by atoms with Crippen LogP contribution in [0.3, 0.4) is 0 Å². The van der Waals surface area contributed by atoms with Gasteiger partial charge in [-0.05, 0) is 25.0 Å². The van der Waals surface area contributed by atoms with Gasteiger partial charge in [0.25, 0.3) is 0 Å². The van der Waals surface area contributed by atoms with E-state index in [1.807, 2.05) is 0 Å². The van der Waals surface area contributed by atoms with Gasteiger partial charge in [0, 0.05) is 24.9 Å². The molecule has 1 aliphatic rings. The smallest absolute Gasteiger partial charge is 0.151 e. The summed E-state index contributed by atoms with van der Waals surface area (Å²) in [6.07, 6.45) is 1.51. The Bertz CT molecular complexity index is 355. The van der Waals surface area contributed by atoms with E-state index in [1.165, 1.54) is 0 Å². The molecule has 1 fully saturated rings. The summed E-state index contributed by atoms with van der Waals surface area (Å²) in [6, 6.07) is 2.29. The third-order valence-corrected chi connectivity index (χ3v) is 2.63. The zero-order valence-electron chi connectivity index (χ0n) is 8.80. The highest BCUT2D eigenvalue weighted by molar-refractivity contribution is 5.54. The van der Waals surface area contributed by atoms with Crippen LogP contribution in [0.1, 0.15) is 12.8 Å². The van der Waals surface area contributed by atoms with E-state index >= 15 is 0 Å². The number of nitrogens with two attached hydrogens (primary N) is 1. The van der Waals surface area contributed by atoms with Crippen molar-refractivity contribution in [1.82, 2.24) is 0 Å². The topological polar surface area (TPSA) is 47.3 Å². The Hall–Kier alpha value is -1.36. The van der Waals surface area contributed by atoms with Crippen molar-refractivity contribution in [1.29, 1.82) is 0 Å². The van der Waals surface area contributed by atoms with Crippen molar-refractivity contribution in [2.45, 2.75) is 18.9 Å². The lowest BCUT2D eigenvalue weighted by molar-refractivity contribution is 0.0903. The Morgan fingerprint density at radius 1 is 1.19 bits per heavy atom. The fourth-order valence-corrected chi connectivity index (χ4v) is 1.78. The van der Waals surface area contributed by atoms with Crippen molar-refractivity contribution in [2.24, 2.45) is 0 Å². The Balaban J connectivity index is 2.14. The van der Waals surface area contributed by atoms with Crippen LogP contribution in [0.15, 0.2) is 12.1 Å². The number of anilines is 2. The van der Waals surface area contributed by atoms with E-state index < -0.39 is 11.6 Å². The molecule has 3 N–H and O–H groups in total. The lowest BCUT2D eigenvalue weighted by Crippen LogP contribution is -2.28. The zero-order valence-corrected chi connectivity index (χ0v) is 8.80. The van der Waals surface area contributed by atoms with Crippen molar-refractivity contribution >= 4 is 11.4 Å². The molecular weight excluding hydrogens is 214 g/mol. The van der Waals surface area contributed by atoms with Crippen LogP contribution >= 0.6 is 0 Å². The van der Waals surface area contributed by atoms with Gasteiger partial charge in [0.2, 0.25) is 0 Å². The molecule has 0 radical (unpaired) electrons. The summed E-state index contributed by atoms with van der Waals surface area (Å²) in [7, 11) is 0. The molecule has 1 aromatic carbocycles. The molecule has 0 atom stereocenters. The van der Waals surface area contributed by atoms with Crippen LogP contribution in [0.2, 0.25) is 0 Å². The first-order valence-electron chi connectivity index (χ1n) is 5.25. The molecule has 1 aliphatic heterocycles. The van der Waals surface area contributed by atoms with Gasteiger partial charge < -0.3 is 15.8 Å². The second-order valence-electron chi connectivity index (χ2n) is 3.89. The third kappa shape index (κ3) is 2.41. The van der Waals surface area contributed by atoms with Crippen molar-refractivity contribution < 1.29 is 13.5 Å². The first-order valence-corrected chi connectivity index (χ1v) is 5.25. The van der Waals surface area contributed by atoms with Gasteiger partial charge in [0.15, 0.2) is 11.6 Å². The van der Waals surface area contributed by atoms with E-state index in [0.29, 0.717) is 13.2 Å². The standard InChI is InChI=1S/C11H14F2N2O/c12-9-5-7(14)6-10(13)11(9)15-8-1-3-16-4-2-8/h5-6,8,15H,1-4,14H2. The second-order valence-corrected chi connectivity index (χ2v) is 3.89. The normalized spacial score (nSPS) is 17.4. The Morgan fingerprint density at radius 3 is 2.31 bits per heavy atom. The first kappa shape index (κ1) is 11.1. The summed E-state index contributed by atoms with van der Waals surface area (Å²) >= 11 is 0. The minimum Gasteiger partial charge on any atom is -0.399 e. The van der Waals surface area contributed by atoms with Crippen LogP contribution in [-0.4, -0.2) is 19.3 Å². The summed E-state index contributed by atoms with van der Waals surface area (Å²) in [5.41, 5.74) is 5.33. The average molecular weight is 228 g/mol. The number of ether oxygens (including phenoxy) is 1. The van der Waals surface area contributed by atoms with Gasteiger partial charge in [0.05, 0.1) is 0 Å². The molecular formula is C11H14F2N2O. The van der Waals surface area contributed by atoms with Gasteiger partial charge in [-0.3, -0.25) is 0 Å². The minimum absolute atomic E-state index is 0.0568. The third-order valence-electron chi connectivity index (χ3n) is 2.63. The number of nitrogens with one attached hydrogen (secondary N) is 1. The number of rotatable bonds is 2. The molecule has 88 valence electrons. The SMILES string of the molecule is Nc1cc(F)c(NC2CCOCC2)c(F)c1. The maximum absolute atomic E-state index is 13.5. The number of benzene rings is 1. The number of hydrogen-bond acceptors (Lipinski definition) is 3. The number of nitrogen functional groups attached to an aromatic ring is 1. The molecule has 5 heteroatoms. The van der Waals surface area contributed by atoms with Gasteiger partial charge >= 0.3 is 0 Å². The quantitative estimate of drug-likeness (QED) is 0.762. The molecule has 1 heterocycles. The van der Waals surface area contributed by atoms with Crippen molar-refractivity contribution in [2.75, 3.05) is 24.3 Å². The lowest BCUT2D eigenvalue weighted by Gasteiger charge is -2.24. The van der Waals surface area contributed by atoms with Gasteiger partial charge in [-0.2, -0.15) is 0 Å². The molecule has 0 aliphatic carbocycles. The van der Waals surface area contributed by atoms with E-state index in [1.54, 1.807) is 0 Å². The zero-order chi connectivity index (χ0) is 11.5. The fraction of sp³-hybridized carbons (Fsp3) is 0.455. The largest absolute Gasteiger partial charge is 0.399 e. The van der Waals surface area contributed by atoms with Crippen LogP contribution in [0.4, 0.5) is 20.2 Å². The summed E-state index contributed by atoms with van der Waals surface area (Å²) < 4.78 is 32.1. The van der Waals surface area contributed by atoms with Gasteiger partial charge in [-0.25, -0.2) is 8.78 Å². The van der Waals surface area contributed by atoms with E-state index in [4.69, 9.17) is 10.5 Å². The van der Waals surface area contributed by atoms with Crippen molar-refractivity contribution in [3.63, 3.8) is 0 Å². The summed E-state index contributed by atoms with van der Waals surface area (Å²) in [6.45, 7) is 1.24. The van der Waals surface area contributed by atoms with Crippen LogP contribution in [0, 0.1) is 11.6 Å². The van der Waals surface area contributed by atoms with Crippen molar-refractivity contribution in [3.8, 4) is 0 Å². The molecule has 0 bridgehead atoms. The second kappa shape index (κ2) is 4.65. The van der Waals surface area contributed by atoms with E-state index in [0.717, 1.165) is 25.0 Å². The highest BCUT2D eigenvalue weighted by Gasteiger charge is 2.17. The van der Waals surface area contributed by atoms with E-state index in [2.05, 4.69) is 5.32 Å². The van der Waals surface area contributed by atoms with Gasteiger partial charge in [-0.15, -0.1) is 0 Å². The van der Waals surface area contributed by atoms with Crippen LogP contribution in [0.25, 0.3) is 0 Å². The molecule has 1 aromatic rings. The molecule has 0 saturated carbocycles. The number of halogens is 2. The first-order chi connectivity index (χ1) is 7.66. The Labute approximate surface area is 92.6 Å². The molecule has 0 amide bonds. The summed E-state index contributed by atoms with van der Waals surface area (Å²) in [5, 5.41) is 2.86. The highest BCUT2D eigenvalue weighted by Crippen LogP contribution is 2.24. The highest BCUT2D eigenvalue weighted by atomic mass is 19.1. The fourth-order valence-electron chi connectivity index (χ4n) is 1.78. The maximum Gasteiger partial charge on any atom is 0.151 e. The van der Waals surface area contributed by atoms with E-state index in [9.17, 15) is 8.78 Å². The monoisotopic (exact) mass is 228 g/mol. The molecule has 16 heavy (non-hydrogen) atoms. The predicted molar refractivity (Wildman–Crippen MR) is 58.2 cm³/mol. The van der Waals surface area contributed by atoms with Gasteiger partial charge in [0.1, 0.15) is 5.69 Å². The Morgan fingerprint density at radius 2 is 1.75 bits per heavy atom. The molecule has 0 aromatic heterocycles. The molecule has 1 saturated heterocycles. The lowest BCUT2D eigenvalue weighted by atomic mass is 10.1. The average Bonchev–Trinajstić information content (AvgIpc) is 2.25. The molecule has 2 rings (SSSR count). The van der Waals surface area contributed by atoms with Crippen LogP contribution in [-0.2, 0) is 4.74 Å². The van der Waals surface area contributed by atoms with Crippen LogP contribution in [0.5, 0.6) is 0 Å². The van der Waals surface area contributed by atoms with Crippen LogP contribution < -0.4 is 11.1 Å². The maximum atomic E-state index is 13.5. The minimum atomic E-state index is -0.649. The number of hydrogen-bond donors (Lipinski definition) is 2. The Kier molecular flexibility index (Phi) is 3.24. The molecule has 0 spiro atoms. The van der Waals surface area contributed by atoms with E-state index in [-0.39, 0.29) is 17.4 Å². The molecule has 3 nitrogen and oxygen atoms in total. The predicted octanol–water partition coefficient (Wildman–Crippen LogP) is 2.14. The van der Waals surface area contributed by atoms with Gasteiger partial charge in [-0.1, -0.05) is 0 Å². The summed E-state index contributed by atoms with van der Waals surface area (Å²) in [5.74, 6) is -1.30. The molecule has 0 unspecified atom stereocenters.